The number of nitro benzene ring substituents is 1. The fourth-order valence-corrected chi connectivity index (χ4v) is 2.95. The first-order chi connectivity index (χ1) is 10.0. The van der Waals surface area contributed by atoms with E-state index < -0.39 is 22.2 Å². The molecule has 0 spiro atoms. The number of hydrogen-bond donors (Lipinski definition) is 1. The van der Waals surface area contributed by atoms with Crippen molar-refractivity contribution in [2.75, 3.05) is 11.9 Å². The zero-order chi connectivity index (χ0) is 15.4. The third-order valence-electron chi connectivity index (χ3n) is 4.38. The van der Waals surface area contributed by atoms with Gasteiger partial charge in [0, 0.05) is 12.6 Å². The van der Waals surface area contributed by atoms with Gasteiger partial charge in [0.25, 0.3) is 5.69 Å². The maximum Gasteiger partial charge on any atom is 0.295 e. The molecule has 0 atom stereocenters. The predicted molar refractivity (Wildman–Crippen MR) is 77.2 cm³/mol. The van der Waals surface area contributed by atoms with Crippen LogP contribution >= 0.6 is 0 Å². The smallest absolute Gasteiger partial charge is 0.295 e. The van der Waals surface area contributed by atoms with E-state index in [1.165, 1.54) is 6.42 Å². The summed E-state index contributed by atoms with van der Waals surface area (Å²) in [7, 11) is 0. The molecule has 0 amide bonds. The lowest BCUT2D eigenvalue weighted by atomic mass is 9.81. The van der Waals surface area contributed by atoms with Crippen LogP contribution in [0, 0.1) is 33.6 Å². The maximum atomic E-state index is 13.8. The van der Waals surface area contributed by atoms with Crippen LogP contribution in [0.1, 0.15) is 39.0 Å². The third kappa shape index (κ3) is 3.68. The summed E-state index contributed by atoms with van der Waals surface area (Å²) in [6.07, 6.45) is 5.49. The molecule has 2 rings (SSSR count). The molecule has 1 aromatic carbocycles. The van der Waals surface area contributed by atoms with Crippen LogP contribution in [-0.2, 0) is 0 Å². The fraction of sp³-hybridized carbons (Fsp3) is 0.600. The first kappa shape index (κ1) is 15.7. The second-order valence-corrected chi connectivity index (χ2v) is 5.69. The van der Waals surface area contributed by atoms with E-state index in [0.717, 1.165) is 43.7 Å². The zero-order valence-corrected chi connectivity index (χ0v) is 12.1. The van der Waals surface area contributed by atoms with E-state index in [1.54, 1.807) is 0 Å². The summed E-state index contributed by atoms with van der Waals surface area (Å²) in [6, 6.07) is 1.78. The van der Waals surface area contributed by atoms with Crippen LogP contribution in [-0.4, -0.2) is 11.5 Å². The summed E-state index contributed by atoms with van der Waals surface area (Å²) in [5, 5.41) is 13.6. The Kier molecular flexibility index (Phi) is 5.09. The molecule has 21 heavy (non-hydrogen) atoms. The first-order valence-corrected chi connectivity index (χ1v) is 7.39. The minimum atomic E-state index is -1.17. The zero-order valence-electron chi connectivity index (χ0n) is 12.1. The van der Waals surface area contributed by atoms with Gasteiger partial charge in [-0.1, -0.05) is 26.2 Å². The van der Waals surface area contributed by atoms with E-state index in [0.29, 0.717) is 12.5 Å². The number of nitrogens with zero attached hydrogens (tertiary/aromatic N) is 1. The van der Waals surface area contributed by atoms with E-state index in [-0.39, 0.29) is 5.69 Å². The molecular formula is C15H20F2N2O2. The first-order valence-electron chi connectivity index (χ1n) is 7.39. The van der Waals surface area contributed by atoms with E-state index in [9.17, 15) is 18.9 Å². The van der Waals surface area contributed by atoms with Gasteiger partial charge in [0.05, 0.1) is 4.92 Å². The number of halogens is 2. The summed E-state index contributed by atoms with van der Waals surface area (Å²) in [4.78, 5) is 10.2. The van der Waals surface area contributed by atoms with E-state index in [1.807, 2.05) is 0 Å². The standard InChI is InChI=1S/C15H20F2N2O2/c1-2-10-3-5-11(6-4-10)9-18-15-13(19(20)21)8-7-12(16)14(15)17/h7-8,10-11,18H,2-6,9H2,1H3. The van der Waals surface area contributed by atoms with Crippen molar-refractivity contribution in [1.82, 2.24) is 0 Å². The van der Waals surface area contributed by atoms with Gasteiger partial charge in [-0.15, -0.1) is 0 Å². The van der Waals surface area contributed by atoms with Crippen LogP contribution in [0.3, 0.4) is 0 Å². The van der Waals surface area contributed by atoms with Crippen molar-refractivity contribution in [3.63, 3.8) is 0 Å². The summed E-state index contributed by atoms with van der Waals surface area (Å²) in [5.41, 5.74) is -0.756. The topological polar surface area (TPSA) is 55.2 Å². The van der Waals surface area contributed by atoms with Gasteiger partial charge in [0.2, 0.25) is 0 Å². The molecule has 6 heteroatoms. The van der Waals surface area contributed by atoms with Crippen molar-refractivity contribution in [2.45, 2.75) is 39.0 Å². The van der Waals surface area contributed by atoms with Crippen molar-refractivity contribution >= 4 is 11.4 Å². The summed E-state index contributed by atoms with van der Waals surface area (Å²) < 4.78 is 27.0. The quantitative estimate of drug-likeness (QED) is 0.643. The van der Waals surface area contributed by atoms with Crippen molar-refractivity contribution in [3.05, 3.63) is 33.9 Å². The highest BCUT2D eigenvalue weighted by Gasteiger charge is 2.24. The molecule has 1 aromatic rings. The Balaban J connectivity index is 2.03. The molecule has 0 heterocycles. The Morgan fingerprint density at radius 2 is 1.86 bits per heavy atom. The average Bonchev–Trinajstić information content (AvgIpc) is 2.49. The predicted octanol–water partition coefficient (Wildman–Crippen LogP) is 4.50. The van der Waals surface area contributed by atoms with Crippen molar-refractivity contribution in [2.24, 2.45) is 11.8 Å². The number of nitro groups is 1. The Hall–Kier alpha value is -1.72. The van der Waals surface area contributed by atoms with Gasteiger partial charge in [-0.05, 0) is 30.7 Å². The van der Waals surface area contributed by atoms with E-state index in [4.69, 9.17) is 0 Å². The van der Waals surface area contributed by atoms with E-state index >= 15 is 0 Å². The molecule has 116 valence electrons. The Morgan fingerprint density at radius 3 is 2.43 bits per heavy atom. The lowest BCUT2D eigenvalue weighted by Gasteiger charge is -2.28. The molecule has 0 radical (unpaired) electrons. The minimum absolute atomic E-state index is 0.336. The third-order valence-corrected chi connectivity index (χ3v) is 4.38. The molecule has 1 aliphatic carbocycles. The van der Waals surface area contributed by atoms with Crippen LogP contribution in [0.4, 0.5) is 20.2 Å². The summed E-state index contributed by atoms with van der Waals surface area (Å²) in [5.74, 6) is -1.14. The van der Waals surface area contributed by atoms with Crippen molar-refractivity contribution in [3.8, 4) is 0 Å². The van der Waals surface area contributed by atoms with Gasteiger partial charge < -0.3 is 5.32 Å². The number of anilines is 1. The highest BCUT2D eigenvalue weighted by atomic mass is 19.2. The van der Waals surface area contributed by atoms with Crippen LogP contribution < -0.4 is 5.32 Å². The van der Waals surface area contributed by atoms with Crippen LogP contribution in [0.15, 0.2) is 12.1 Å². The molecule has 0 aliphatic heterocycles. The average molecular weight is 298 g/mol. The van der Waals surface area contributed by atoms with Crippen LogP contribution in [0.2, 0.25) is 0 Å². The minimum Gasteiger partial charge on any atom is -0.377 e. The molecule has 1 saturated carbocycles. The Labute approximate surface area is 122 Å². The highest BCUT2D eigenvalue weighted by Crippen LogP contribution is 2.33. The van der Waals surface area contributed by atoms with Gasteiger partial charge in [-0.2, -0.15) is 0 Å². The number of benzene rings is 1. The Morgan fingerprint density at radius 1 is 1.24 bits per heavy atom. The molecule has 0 unspecified atom stereocenters. The molecule has 0 saturated heterocycles. The Bertz CT molecular complexity index is 515. The molecular weight excluding hydrogens is 278 g/mol. The van der Waals surface area contributed by atoms with Gasteiger partial charge in [0.1, 0.15) is 0 Å². The summed E-state index contributed by atoms with van der Waals surface area (Å²) in [6.45, 7) is 2.62. The van der Waals surface area contributed by atoms with Gasteiger partial charge in [-0.3, -0.25) is 10.1 Å². The SMILES string of the molecule is CCC1CCC(CNc2c([N+](=O)[O-])ccc(F)c2F)CC1. The largest absolute Gasteiger partial charge is 0.377 e. The second kappa shape index (κ2) is 6.83. The van der Waals surface area contributed by atoms with Crippen LogP contribution in [0.5, 0.6) is 0 Å². The monoisotopic (exact) mass is 298 g/mol. The molecule has 0 aromatic heterocycles. The molecule has 1 N–H and O–H groups in total. The van der Waals surface area contributed by atoms with Crippen molar-refractivity contribution < 1.29 is 13.7 Å². The summed E-state index contributed by atoms with van der Waals surface area (Å²) >= 11 is 0. The molecule has 4 nitrogen and oxygen atoms in total. The van der Waals surface area contributed by atoms with Crippen LogP contribution in [0.25, 0.3) is 0 Å². The van der Waals surface area contributed by atoms with Crippen molar-refractivity contribution in [1.29, 1.82) is 0 Å². The molecule has 1 aliphatic rings. The number of hydrogen-bond acceptors (Lipinski definition) is 3. The molecule has 1 fully saturated rings. The van der Waals surface area contributed by atoms with E-state index in [2.05, 4.69) is 12.2 Å². The van der Waals surface area contributed by atoms with Gasteiger partial charge in [0.15, 0.2) is 17.3 Å². The van der Waals surface area contributed by atoms with Gasteiger partial charge >= 0.3 is 0 Å². The number of nitrogens with one attached hydrogen (secondary N) is 1. The normalized spacial score (nSPS) is 22.0. The number of rotatable bonds is 5. The lowest BCUT2D eigenvalue weighted by Crippen LogP contribution is -2.21. The lowest BCUT2D eigenvalue weighted by molar-refractivity contribution is -0.384. The second-order valence-electron chi connectivity index (χ2n) is 5.69. The highest BCUT2D eigenvalue weighted by molar-refractivity contribution is 5.62. The van der Waals surface area contributed by atoms with Gasteiger partial charge in [-0.25, -0.2) is 8.78 Å². The molecule has 0 bridgehead atoms. The maximum absolute atomic E-state index is 13.8. The fourth-order valence-electron chi connectivity index (χ4n) is 2.95.